The molecule has 1 atom stereocenters. The average molecular weight is 339 g/mol. The lowest BCUT2D eigenvalue weighted by Crippen LogP contribution is -2.36. The quantitative estimate of drug-likeness (QED) is 0.605. The fourth-order valence-corrected chi connectivity index (χ4v) is 3.06. The maximum absolute atomic E-state index is 12.3. The van der Waals surface area contributed by atoms with E-state index >= 15 is 0 Å². The third-order valence-electron chi connectivity index (χ3n) is 3.29. The van der Waals surface area contributed by atoms with E-state index in [1.165, 1.54) is 17.3 Å². The minimum absolute atomic E-state index is 0.185. The summed E-state index contributed by atoms with van der Waals surface area (Å²) in [5.41, 5.74) is 0.744. The standard InChI is InChI=1S/C16H25N3O3S/c1-11(2)8-10-23-14-18-17-13(21-14)12-7-6-9-19(12)15(20)22-16(3,4)5/h8,12H,6-7,9-10H2,1-5H3/t12-/m1/s1. The van der Waals surface area contributed by atoms with Gasteiger partial charge in [0.1, 0.15) is 11.6 Å². The number of carbonyl (C=O) groups excluding carboxylic acids is 1. The number of nitrogens with zero attached hydrogens (tertiary/aromatic N) is 3. The lowest BCUT2D eigenvalue weighted by Gasteiger charge is -2.27. The Morgan fingerprint density at radius 3 is 2.83 bits per heavy atom. The molecule has 0 aromatic carbocycles. The van der Waals surface area contributed by atoms with E-state index in [0.29, 0.717) is 17.7 Å². The number of thioether (sulfide) groups is 1. The van der Waals surface area contributed by atoms with Crippen molar-refractivity contribution in [2.45, 2.75) is 64.3 Å². The molecule has 0 bridgehead atoms. The minimum atomic E-state index is -0.509. The number of allylic oxidation sites excluding steroid dienone is 1. The van der Waals surface area contributed by atoms with Crippen LogP contribution < -0.4 is 0 Å². The molecule has 1 aliphatic heterocycles. The summed E-state index contributed by atoms with van der Waals surface area (Å²) < 4.78 is 11.2. The first kappa shape index (κ1) is 17.8. The highest BCUT2D eigenvalue weighted by atomic mass is 32.2. The van der Waals surface area contributed by atoms with E-state index in [1.54, 1.807) is 4.90 Å². The molecule has 0 N–H and O–H groups in total. The van der Waals surface area contributed by atoms with Crippen molar-refractivity contribution in [3.63, 3.8) is 0 Å². The van der Waals surface area contributed by atoms with Gasteiger partial charge in [0.05, 0.1) is 0 Å². The smallest absolute Gasteiger partial charge is 0.410 e. The Labute approximate surface area is 141 Å². The van der Waals surface area contributed by atoms with Crippen LogP contribution in [0.3, 0.4) is 0 Å². The molecule has 2 heterocycles. The van der Waals surface area contributed by atoms with Crippen LogP contribution in [-0.2, 0) is 4.74 Å². The molecule has 1 fully saturated rings. The zero-order valence-corrected chi connectivity index (χ0v) is 15.3. The highest BCUT2D eigenvalue weighted by Crippen LogP contribution is 2.33. The Balaban J connectivity index is 2.01. The number of hydrogen-bond acceptors (Lipinski definition) is 6. The number of likely N-dealkylation sites (tertiary alicyclic amines) is 1. The van der Waals surface area contributed by atoms with Crippen LogP contribution in [0, 0.1) is 0 Å². The summed E-state index contributed by atoms with van der Waals surface area (Å²) in [7, 11) is 0. The van der Waals surface area contributed by atoms with Crippen LogP contribution in [0.4, 0.5) is 4.79 Å². The van der Waals surface area contributed by atoms with Crippen LogP contribution >= 0.6 is 11.8 Å². The summed E-state index contributed by atoms with van der Waals surface area (Å²) in [4.78, 5) is 14.0. The molecule has 1 amide bonds. The first-order valence-electron chi connectivity index (χ1n) is 7.85. The summed E-state index contributed by atoms with van der Waals surface area (Å²) in [6, 6.07) is -0.185. The number of hydrogen-bond donors (Lipinski definition) is 0. The zero-order valence-electron chi connectivity index (χ0n) is 14.5. The van der Waals surface area contributed by atoms with Gasteiger partial charge in [-0.2, -0.15) is 0 Å². The molecule has 2 rings (SSSR count). The van der Waals surface area contributed by atoms with E-state index < -0.39 is 5.60 Å². The molecule has 7 heteroatoms. The van der Waals surface area contributed by atoms with Gasteiger partial charge >= 0.3 is 6.09 Å². The first-order valence-corrected chi connectivity index (χ1v) is 8.84. The van der Waals surface area contributed by atoms with Gasteiger partial charge in [0, 0.05) is 12.3 Å². The van der Waals surface area contributed by atoms with E-state index in [-0.39, 0.29) is 12.1 Å². The lowest BCUT2D eigenvalue weighted by atomic mass is 10.2. The number of amides is 1. The third kappa shape index (κ3) is 5.27. The second kappa shape index (κ2) is 7.38. The summed E-state index contributed by atoms with van der Waals surface area (Å²) in [5, 5.41) is 8.72. The van der Waals surface area contributed by atoms with Crippen molar-refractivity contribution in [3.8, 4) is 0 Å². The molecule has 6 nitrogen and oxygen atoms in total. The van der Waals surface area contributed by atoms with Gasteiger partial charge in [-0.25, -0.2) is 4.79 Å². The topological polar surface area (TPSA) is 68.5 Å². The largest absolute Gasteiger partial charge is 0.444 e. The van der Waals surface area contributed by atoms with Crippen molar-refractivity contribution in [2.24, 2.45) is 0 Å². The number of rotatable bonds is 4. The van der Waals surface area contributed by atoms with Crippen molar-refractivity contribution in [3.05, 3.63) is 17.5 Å². The summed E-state index contributed by atoms with van der Waals surface area (Å²) in [5.74, 6) is 1.29. The Morgan fingerprint density at radius 1 is 1.43 bits per heavy atom. The van der Waals surface area contributed by atoms with Crippen LogP contribution in [0.1, 0.15) is 59.4 Å². The fourth-order valence-electron chi connectivity index (χ4n) is 2.26. The number of ether oxygens (including phenoxy) is 1. The Kier molecular flexibility index (Phi) is 5.73. The van der Waals surface area contributed by atoms with Crippen molar-refractivity contribution >= 4 is 17.9 Å². The van der Waals surface area contributed by atoms with Gasteiger partial charge in [0.15, 0.2) is 0 Å². The highest BCUT2D eigenvalue weighted by molar-refractivity contribution is 7.99. The molecule has 1 aliphatic rings. The predicted octanol–water partition coefficient (Wildman–Crippen LogP) is 4.20. The maximum Gasteiger partial charge on any atom is 0.410 e. The monoisotopic (exact) mass is 339 g/mol. The van der Waals surface area contributed by atoms with Crippen LogP contribution in [0.15, 0.2) is 21.3 Å². The van der Waals surface area contributed by atoms with Crippen LogP contribution in [0.2, 0.25) is 0 Å². The molecule has 0 radical (unpaired) electrons. The molecule has 1 saturated heterocycles. The molecule has 128 valence electrons. The van der Waals surface area contributed by atoms with E-state index in [4.69, 9.17) is 9.15 Å². The third-order valence-corrected chi connectivity index (χ3v) is 4.03. The van der Waals surface area contributed by atoms with E-state index in [0.717, 1.165) is 18.6 Å². The molecule has 0 spiro atoms. The summed E-state index contributed by atoms with van der Waals surface area (Å²) in [6.07, 6.45) is 3.51. The van der Waals surface area contributed by atoms with Gasteiger partial charge in [-0.05, 0) is 47.5 Å². The summed E-state index contributed by atoms with van der Waals surface area (Å²) >= 11 is 1.50. The molecule has 0 unspecified atom stereocenters. The zero-order chi connectivity index (χ0) is 17.0. The molecular weight excluding hydrogens is 314 g/mol. The summed E-state index contributed by atoms with van der Waals surface area (Å²) in [6.45, 7) is 10.3. The fraction of sp³-hybridized carbons (Fsp3) is 0.688. The van der Waals surface area contributed by atoms with Gasteiger partial charge in [0.2, 0.25) is 5.89 Å². The van der Waals surface area contributed by atoms with E-state index in [2.05, 4.69) is 30.1 Å². The van der Waals surface area contributed by atoms with Crippen molar-refractivity contribution in [2.75, 3.05) is 12.3 Å². The second-order valence-corrected chi connectivity index (χ2v) is 7.80. The van der Waals surface area contributed by atoms with Gasteiger partial charge < -0.3 is 9.15 Å². The molecule has 0 aliphatic carbocycles. The van der Waals surface area contributed by atoms with E-state index in [9.17, 15) is 4.79 Å². The first-order chi connectivity index (χ1) is 10.8. The molecule has 1 aromatic heterocycles. The molecular formula is C16H25N3O3S. The van der Waals surface area contributed by atoms with Crippen molar-refractivity contribution in [1.29, 1.82) is 0 Å². The average Bonchev–Trinajstić information content (AvgIpc) is 3.03. The number of carbonyl (C=O) groups is 1. The Morgan fingerprint density at radius 2 is 2.17 bits per heavy atom. The van der Waals surface area contributed by atoms with Gasteiger partial charge in [-0.3, -0.25) is 4.90 Å². The molecule has 1 aromatic rings. The van der Waals surface area contributed by atoms with E-state index in [1.807, 2.05) is 20.8 Å². The Bertz CT molecular complexity index is 573. The van der Waals surface area contributed by atoms with Crippen LogP contribution in [-0.4, -0.2) is 39.1 Å². The van der Waals surface area contributed by atoms with Crippen molar-refractivity contribution < 1.29 is 13.9 Å². The van der Waals surface area contributed by atoms with Gasteiger partial charge in [0.25, 0.3) is 5.22 Å². The lowest BCUT2D eigenvalue weighted by molar-refractivity contribution is 0.0201. The minimum Gasteiger partial charge on any atom is -0.444 e. The highest BCUT2D eigenvalue weighted by Gasteiger charge is 2.36. The second-order valence-electron chi connectivity index (χ2n) is 6.83. The van der Waals surface area contributed by atoms with Crippen LogP contribution in [0.25, 0.3) is 0 Å². The van der Waals surface area contributed by atoms with Gasteiger partial charge in [-0.15, -0.1) is 10.2 Å². The molecule has 0 saturated carbocycles. The Hall–Kier alpha value is -1.50. The maximum atomic E-state index is 12.3. The number of aromatic nitrogens is 2. The van der Waals surface area contributed by atoms with Crippen molar-refractivity contribution in [1.82, 2.24) is 15.1 Å². The molecule has 23 heavy (non-hydrogen) atoms. The van der Waals surface area contributed by atoms with Gasteiger partial charge in [-0.1, -0.05) is 23.4 Å². The SMILES string of the molecule is CC(C)=CCSc1nnc([C@H]2CCCN2C(=O)OC(C)(C)C)o1. The normalized spacial score (nSPS) is 18.1. The predicted molar refractivity (Wildman–Crippen MR) is 89.4 cm³/mol. The van der Waals surface area contributed by atoms with Crippen LogP contribution in [0.5, 0.6) is 0 Å².